The van der Waals surface area contributed by atoms with E-state index in [9.17, 15) is 13.2 Å². The van der Waals surface area contributed by atoms with Gasteiger partial charge in [-0.25, -0.2) is 13.1 Å². The van der Waals surface area contributed by atoms with Crippen LogP contribution in [0.15, 0.2) is 51.8 Å². The number of rotatable bonds is 8. The summed E-state index contributed by atoms with van der Waals surface area (Å²) in [5, 5.41) is 2.81. The van der Waals surface area contributed by atoms with Crippen LogP contribution >= 0.6 is 15.9 Å². The molecule has 1 saturated heterocycles. The number of hydrogen-bond donors (Lipinski definition) is 2. The summed E-state index contributed by atoms with van der Waals surface area (Å²) in [7, 11) is -3.57. The second-order valence-electron chi connectivity index (χ2n) is 8.53. The number of sulfonamides is 1. The molecule has 1 aliphatic heterocycles. The predicted molar refractivity (Wildman–Crippen MR) is 130 cm³/mol. The second-order valence-corrected chi connectivity index (χ2v) is 11.1. The molecule has 0 aromatic heterocycles. The average Bonchev–Trinajstić information content (AvgIpc) is 3.33. The molecule has 1 aliphatic carbocycles. The quantitative estimate of drug-likeness (QED) is 0.501. The molecule has 1 atom stereocenters. The van der Waals surface area contributed by atoms with Crippen molar-refractivity contribution < 1.29 is 22.7 Å². The Labute approximate surface area is 203 Å². The first-order valence-electron chi connectivity index (χ1n) is 11.4. The molecule has 9 heteroatoms. The van der Waals surface area contributed by atoms with Crippen LogP contribution < -0.4 is 14.8 Å². The molecule has 0 radical (unpaired) electrons. The number of ether oxygens (including phenoxy) is 2. The molecule has 2 aromatic carbocycles. The normalized spacial score (nSPS) is 19.4. The Morgan fingerprint density at radius 2 is 1.79 bits per heavy atom. The molecule has 2 aliphatic rings. The Balaban J connectivity index is 1.34. The fourth-order valence-electron chi connectivity index (χ4n) is 4.15. The molecule has 1 heterocycles. The van der Waals surface area contributed by atoms with Crippen molar-refractivity contribution in [1.29, 1.82) is 0 Å². The molecule has 1 saturated carbocycles. The maximum absolute atomic E-state index is 12.7. The Bertz CT molecular complexity index is 1060. The Morgan fingerprint density at radius 1 is 1.03 bits per heavy atom. The highest BCUT2D eigenvalue weighted by atomic mass is 79.9. The number of benzene rings is 2. The number of carbonyl (C=O) groups excluding carboxylic acids is 1. The molecule has 33 heavy (non-hydrogen) atoms. The third kappa shape index (κ3) is 6.56. The minimum Gasteiger partial charge on any atom is -0.490 e. The smallest absolute Gasteiger partial charge is 0.255 e. The first kappa shape index (κ1) is 24.2. The van der Waals surface area contributed by atoms with E-state index in [1.165, 1.54) is 12.1 Å². The van der Waals surface area contributed by atoms with Gasteiger partial charge in [-0.05, 0) is 84.1 Å². The Hall–Kier alpha value is -1.94. The molecular formula is C24H29BrN2O5S. The van der Waals surface area contributed by atoms with Crippen LogP contribution in [0.2, 0.25) is 0 Å². The standard InChI is InChI=1S/C24H29BrN2O5S/c25-22-15-17(8-13-23(22)32-16-20-7-4-14-31-20)24(28)26-18-9-11-21(12-10-18)33(29,30)27-19-5-2-1-3-6-19/h8-13,15,19-20,27H,1-7,14,16H2,(H,26,28). The lowest BCUT2D eigenvalue weighted by molar-refractivity contribution is 0.0677. The molecule has 4 rings (SSSR count). The molecule has 178 valence electrons. The largest absolute Gasteiger partial charge is 0.490 e. The number of nitrogens with one attached hydrogen (secondary N) is 2. The van der Waals surface area contributed by atoms with Crippen LogP contribution in [0.25, 0.3) is 0 Å². The van der Waals surface area contributed by atoms with E-state index in [2.05, 4.69) is 26.0 Å². The van der Waals surface area contributed by atoms with Crippen LogP contribution in [0.3, 0.4) is 0 Å². The predicted octanol–water partition coefficient (Wildman–Crippen LogP) is 4.87. The third-order valence-electron chi connectivity index (χ3n) is 5.99. The maximum atomic E-state index is 12.7. The van der Waals surface area contributed by atoms with E-state index < -0.39 is 10.0 Å². The van der Waals surface area contributed by atoms with Gasteiger partial charge < -0.3 is 14.8 Å². The van der Waals surface area contributed by atoms with Gasteiger partial charge in [-0.15, -0.1) is 0 Å². The first-order valence-corrected chi connectivity index (χ1v) is 13.7. The van der Waals surface area contributed by atoms with Gasteiger partial charge in [0.25, 0.3) is 5.91 Å². The monoisotopic (exact) mass is 536 g/mol. The van der Waals surface area contributed by atoms with Crippen molar-refractivity contribution in [3.8, 4) is 5.75 Å². The van der Waals surface area contributed by atoms with Gasteiger partial charge in [-0.3, -0.25) is 4.79 Å². The minimum absolute atomic E-state index is 0.000725. The fraction of sp³-hybridized carbons (Fsp3) is 0.458. The van der Waals surface area contributed by atoms with Gasteiger partial charge in [-0.1, -0.05) is 19.3 Å². The summed E-state index contributed by atoms with van der Waals surface area (Å²) >= 11 is 3.46. The zero-order chi connectivity index (χ0) is 23.3. The lowest BCUT2D eigenvalue weighted by Gasteiger charge is -2.22. The molecular weight excluding hydrogens is 508 g/mol. The summed E-state index contributed by atoms with van der Waals surface area (Å²) in [6.45, 7) is 1.26. The SMILES string of the molecule is O=C(Nc1ccc(S(=O)(=O)NC2CCCCC2)cc1)c1ccc(OCC2CCCO2)c(Br)c1. The minimum atomic E-state index is -3.57. The van der Waals surface area contributed by atoms with Gasteiger partial charge in [0.2, 0.25) is 10.0 Å². The molecule has 1 unspecified atom stereocenters. The van der Waals surface area contributed by atoms with E-state index in [0.717, 1.165) is 51.6 Å². The van der Waals surface area contributed by atoms with Crippen LogP contribution in [0.5, 0.6) is 5.75 Å². The molecule has 0 bridgehead atoms. The van der Waals surface area contributed by atoms with Crippen LogP contribution in [0.4, 0.5) is 5.69 Å². The van der Waals surface area contributed by atoms with E-state index in [1.54, 1.807) is 30.3 Å². The van der Waals surface area contributed by atoms with Gasteiger partial charge in [0.05, 0.1) is 15.5 Å². The molecule has 0 spiro atoms. The van der Waals surface area contributed by atoms with Crippen molar-refractivity contribution in [3.63, 3.8) is 0 Å². The van der Waals surface area contributed by atoms with Gasteiger partial charge in [-0.2, -0.15) is 0 Å². The topological polar surface area (TPSA) is 93.7 Å². The number of amides is 1. The third-order valence-corrected chi connectivity index (χ3v) is 8.15. The molecule has 2 N–H and O–H groups in total. The number of hydrogen-bond acceptors (Lipinski definition) is 5. The molecule has 2 aromatic rings. The maximum Gasteiger partial charge on any atom is 0.255 e. The number of carbonyl (C=O) groups is 1. The molecule has 2 fully saturated rings. The highest BCUT2D eigenvalue weighted by molar-refractivity contribution is 9.10. The summed E-state index contributed by atoms with van der Waals surface area (Å²) in [5.41, 5.74) is 0.980. The first-order chi connectivity index (χ1) is 15.9. The summed E-state index contributed by atoms with van der Waals surface area (Å²) in [4.78, 5) is 12.9. The van der Waals surface area contributed by atoms with Gasteiger partial charge in [0, 0.05) is 23.9 Å². The highest BCUT2D eigenvalue weighted by Gasteiger charge is 2.22. The van der Waals surface area contributed by atoms with Crippen LogP contribution in [-0.4, -0.2) is 39.7 Å². The van der Waals surface area contributed by atoms with Gasteiger partial charge in [0.1, 0.15) is 12.4 Å². The van der Waals surface area contributed by atoms with Crippen LogP contribution in [-0.2, 0) is 14.8 Å². The van der Waals surface area contributed by atoms with Crippen LogP contribution in [0.1, 0.15) is 55.3 Å². The summed E-state index contributed by atoms with van der Waals surface area (Å²) in [6, 6.07) is 11.4. The number of anilines is 1. The number of halogens is 1. The Kier molecular flexibility index (Phi) is 8.06. The van der Waals surface area contributed by atoms with Crippen molar-refractivity contribution >= 4 is 37.5 Å². The molecule has 1 amide bonds. The van der Waals surface area contributed by atoms with E-state index in [-0.39, 0.29) is 22.9 Å². The van der Waals surface area contributed by atoms with Crippen molar-refractivity contribution in [2.75, 3.05) is 18.5 Å². The molecule has 7 nitrogen and oxygen atoms in total. The summed E-state index contributed by atoms with van der Waals surface area (Å²) in [6.07, 6.45) is 7.18. The summed E-state index contributed by atoms with van der Waals surface area (Å²) < 4.78 is 40.1. The second kappa shape index (κ2) is 11.0. The zero-order valence-corrected chi connectivity index (χ0v) is 20.8. The van der Waals surface area contributed by atoms with E-state index in [4.69, 9.17) is 9.47 Å². The van der Waals surface area contributed by atoms with Crippen molar-refractivity contribution in [2.24, 2.45) is 0 Å². The zero-order valence-electron chi connectivity index (χ0n) is 18.4. The van der Waals surface area contributed by atoms with E-state index in [0.29, 0.717) is 28.1 Å². The average molecular weight is 537 g/mol. The van der Waals surface area contributed by atoms with Gasteiger partial charge in [0.15, 0.2) is 0 Å². The van der Waals surface area contributed by atoms with Crippen molar-refractivity contribution in [1.82, 2.24) is 4.72 Å². The van der Waals surface area contributed by atoms with Crippen molar-refractivity contribution in [3.05, 3.63) is 52.5 Å². The highest BCUT2D eigenvalue weighted by Crippen LogP contribution is 2.28. The van der Waals surface area contributed by atoms with Crippen molar-refractivity contribution in [2.45, 2.75) is 62.0 Å². The lowest BCUT2D eigenvalue weighted by atomic mass is 9.96. The van der Waals surface area contributed by atoms with Crippen LogP contribution in [0, 0.1) is 0 Å². The van der Waals surface area contributed by atoms with E-state index in [1.807, 2.05) is 0 Å². The van der Waals surface area contributed by atoms with Gasteiger partial charge >= 0.3 is 0 Å². The fourth-order valence-corrected chi connectivity index (χ4v) is 5.94. The lowest BCUT2D eigenvalue weighted by Crippen LogP contribution is -2.36. The van der Waals surface area contributed by atoms with E-state index >= 15 is 0 Å². The summed E-state index contributed by atoms with van der Waals surface area (Å²) in [5.74, 6) is 0.361. The Morgan fingerprint density at radius 3 is 2.45 bits per heavy atom.